The number of hydrogen-bond donors (Lipinski definition) is 1. The van der Waals surface area contributed by atoms with E-state index in [1.54, 1.807) is 36.4 Å². The van der Waals surface area contributed by atoms with Crippen molar-refractivity contribution < 1.29 is 22.7 Å². The van der Waals surface area contributed by atoms with Crippen molar-refractivity contribution in [1.29, 1.82) is 0 Å². The number of rotatable bonds is 14. The standard InChI is InChI=1S/C34H34Cl3N3O5S/c1-3-19-38-34(42)31(20-24-11-6-4-7-12-24)39(22-27-28(35)15-10-16-29(27)36)33(41)23-40(25-17-18-32(45-2)30(37)21-25)46(43,44)26-13-8-5-9-14-26/h4-18,21,31H,3,19-20,22-23H2,1-2H3,(H,38,42). The minimum atomic E-state index is -4.29. The molecule has 0 aliphatic carbocycles. The molecular weight excluding hydrogens is 669 g/mol. The van der Waals surface area contributed by atoms with Crippen LogP contribution in [0.1, 0.15) is 24.5 Å². The number of sulfonamides is 1. The molecule has 0 spiro atoms. The van der Waals surface area contributed by atoms with Crippen molar-refractivity contribution in [2.75, 3.05) is 24.5 Å². The van der Waals surface area contributed by atoms with Gasteiger partial charge in [-0.2, -0.15) is 0 Å². The summed E-state index contributed by atoms with van der Waals surface area (Å²) in [5.74, 6) is -0.721. The second kappa shape index (κ2) is 16.2. The van der Waals surface area contributed by atoms with Crippen LogP contribution in [0, 0.1) is 0 Å². The summed E-state index contributed by atoms with van der Waals surface area (Å²) in [4.78, 5) is 29.6. The molecule has 12 heteroatoms. The molecular formula is C34H34Cl3N3O5S. The lowest BCUT2D eigenvalue weighted by molar-refractivity contribution is -0.140. The van der Waals surface area contributed by atoms with E-state index in [9.17, 15) is 18.0 Å². The third-order valence-corrected chi connectivity index (χ3v) is 10.0. The third-order valence-electron chi connectivity index (χ3n) is 7.24. The number of nitrogens with one attached hydrogen (secondary N) is 1. The van der Waals surface area contributed by atoms with Gasteiger partial charge in [-0.15, -0.1) is 0 Å². The van der Waals surface area contributed by atoms with Gasteiger partial charge in [0.05, 0.1) is 22.7 Å². The lowest BCUT2D eigenvalue weighted by Gasteiger charge is -2.34. The number of nitrogens with zero attached hydrogens (tertiary/aromatic N) is 2. The molecule has 4 rings (SSSR count). The highest BCUT2D eigenvalue weighted by atomic mass is 35.5. The van der Waals surface area contributed by atoms with Gasteiger partial charge in [-0.25, -0.2) is 8.42 Å². The molecule has 46 heavy (non-hydrogen) atoms. The minimum Gasteiger partial charge on any atom is -0.495 e. The number of methoxy groups -OCH3 is 1. The Labute approximate surface area is 284 Å². The predicted molar refractivity (Wildman–Crippen MR) is 183 cm³/mol. The van der Waals surface area contributed by atoms with Crippen LogP contribution in [0.4, 0.5) is 5.69 Å². The van der Waals surface area contributed by atoms with E-state index in [1.165, 1.54) is 42.3 Å². The van der Waals surface area contributed by atoms with Crippen LogP contribution in [0.5, 0.6) is 5.75 Å². The van der Waals surface area contributed by atoms with Gasteiger partial charge < -0.3 is 15.0 Å². The SMILES string of the molecule is CCCNC(=O)C(Cc1ccccc1)N(Cc1c(Cl)cccc1Cl)C(=O)CN(c1ccc(OC)c(Cl)c1)S(=O)(=O)c1ccccc1. The van der Waals surface area contributed by atoms with Gasteiger partial charge in [0.25, 0.3) is 10.0 Å². The maximum absolute atomic E-state index is 14.5. The Bertz CT molecular complexity index is 1740. The fourth-order valence-corrected chi connectivity index (χ4v) is 7.03. The van der Waals surface area contributed by atoms with Gasteiger partial charge in [0.15, 0.2) is 0 Å². The quantitative estimate of drug-likeness (QED) is 0.153. The molecule has 1 N–H and O–H groups in total. The first-order valence-electron chi connectivity index (χ1n) is 14.5. The van der Waals surface area contributed by atoms with Crippen molar-refractivity contribution in [2.45, 2.75) is 37.2 Å². The van der Waals surface area contributed by atoms with Gasteiger partial charge in [0.2, 0.25) is 11.8 Å². The Balaban J connectivity index is 1.84. The topological polar surface area (TPSA) is 96.0 Å². The van der Waals surface area contributed by atoms with Gasteiger partial charge in [0, 0.05) is 35.1 Å². The Hall–Kier alpha value is -3.76. The number of carbonyl (C=O) groups excluding carboxylic acids is 2. The van der Waals surface area contributed by atoms with Gasteiger partial charge in [0.1, 0.15) is 18.3 Å². The highest BCUT2D eigenvalue weighted by Crippen LogP contribution is 2.33. The summed E-state index contributed by atoms with van der Waals surface area (Å²) in [5, 5.41) is 3.66. The molecule has 1 unspecified atom stereocenters. The molecule has 4 aromatic carbocycles. The monoisotopic (exact) mass is 701 g/mol. The van der Waals surface area contributed by atoms with E-state index in [0.29, 0.717) is 34.3 Å². The van der Waals surface area contributed by atoms with Crippen molar-refractivity contribution in [3.05, 3.63) is 123 Å². The molecule has 0 heterocycles. The lowest BCUT2D eigenvalue weighted by Crippen LogP contribution is -2.53. The zero-order chi connectivity index (χ0) is 33.3. The number of hydrogen-bond acceptors (Lipinski definition) is 5. The second-order valence-corrected chi connectivity index (χ2v) is 13.4. The number of ether oxygens (including phenoxy) is 1. The van der Waals surface area contributed by atoms with E-state index in [2.05, 4.69) is 5.32 Å². The van der Waals surface area contributed by atoms with Crippen LogP contribution in [0.25, 0.3) is 0 Å². The van der Waals surface area contributed by atoms with Crippen molar-refractivity contribution in [3.8, 4) is 5.75 Å². The van der Waals surface area contributed by atoms with E-state index < -0.39 is 34.4 Å². The highest BCUT2D eigenvalue weighted by molar-refractivity contribution is 7.92. The Morgan fingerprint density at radius 1 is 0.848 bits per heavy atom. The van der Waals surface area contributed by atoms with Crippen LogP contribution >= 0.6 is 34.8 Å². The summed E-state index contributed by atoms with van der Waals surface area (Å²) < 4.78 is 34.5. The molecule has 8 nitrogen and oxygen atoms in total. The van der Waals surface area contributed by atoms with Crippen molar-refractivity contribution in [2.24, 2.45) is 0 Å². The Morgan fingerprint density at radius 2 is 1.48 bits per heavy atom. The smallest absolute Gasteiger partial charge is 0.264 e. The molecule has 1 atom stereocenters. The first-order chi connectivity index (χ1) is 22.1. The summed E-state index contributed by atoms with van der Waals surface area (Å²) in [7, 11) is -2.85. The van der Waals surface area contributed by atoms with E-state index in [4.69, 9.17) is 39.5 Å². The van der Waals surface area contributed by atoms with Gasteiger partial charge in [-0.3, -0.25) is 13.9 Å². The zero-order valence-corrected chi connectivity index (χ0v) is 28.4. The molecule has 2 amide bonds. The van der Waals surface area contributed by atoms with Crippen LogP contribution in [0.15, 0.2) is 102 Å². The minimum absolute atomic E-state index is 0.0306. The van der Waals surface area contributed by atoms with E-state index in [-0.39, 0.29) is 28.6 Å². The number of carbonyl (C=O) groups is 2. The zero-order valence-electron chi connectivity index (χ0n) is 25.3. The Morgan fingerprint density at radius 3 is 2.07 bits per heavy atom. The van der Waals surface area contributed by atoms with Crippen molar-refractivity contribution in [3.63, 3.8) is 0 Å². The van der Waals surface area contributed by atoms with Gasteiger partial charge in [-0.1, -0.05) is 96.3 Å². The van der Waals surface area contributed by atoms with Gasteiger partial charge in [-0.05, 0) is 54.4 Å². The number of benzene rings is 4. The van der Waals surface area contributed by atoms with Crippen LogP contribution in [-0.2, 0) is 32.6 Å². The predicted octanol–water partition coefficient (Wildman–Crippen LogP) is 7.02. The summed E-state index contributed by atoms with van der Waals surface area (Å²) in [5.41, 5.74) is 1.36. The molecule has 0 saturated heterocycles. The van der Waals surface area contributed by atoms with Crippen LogP contribution in [0.2, 0.25) is 15.1 Å². The fraction of sp³-hybridized carbons (Fsp3) is 0.235. The summed E-state index contributed by atoms with van der Waals surface area (Å²) in [6.07, 6.45) is 0.833. The molecule has 0 fully saturated rings. The van der Waals surface area contributed by atoms with Crippen LogP contribution in [-0.4, -0.2) is 51.4 Å². The molecule has 0 saturated carbocycles. The number of anilines is 1. The summed E-state index contributed by atoms with van der Waals surface area (Å²) >= 11 is 19.5. The largest absolute Gasteiger partial charge is 0.495 e. The molecule has 0 radical (unpaired) electrons. The van der Waals surface area contributed by atoms with Crippen molar-refractivity contribution >= 4 is 62.3 Å². The summed E-state index contributed by atoms with van der Waals surface area (Å²) in [6, 6.07) is 25.4. The average Bonchev–Trinajstić information content (AvgIpc) is 3.06. The summed E-state index contributed by atoms with van der Waals surface area (Å²) in [6.45, 7) is 1.49. The van der Waals surface area contributed by atoms with Crippen LogP contribution in [0.3, 0.4) is 0 Å². The molecule has 0 aliphatic heterocycles. The average molecular weight is 703 g/mol. The van der Waals surface area contributed by atoms with Crippen LogP contribution < -0.4 is 14.4 Å². The molecule has 0 aromatic heterocycles. The lowest BCUT2D eigenvalue weighted by atomic mass is 10.0. The highest BCUT2D eigenvalue weighted by Gasteiger charge is 2.35. The maximum Gasteiger partial charge on any atom is 0.264 e. The fourth-order valence-electron chi connectivity index (χ4n) is 4.83. The maximum atomic E-state index is 14.5. The first-order valence-corrected chi connectivity index (χ1v) is 17.1. The first kappa shape index (κ1) is 35.1. The van der Waals surface area contributed by atoms with E-state index in [0.717, 1.165) is 9.87 Å². The second-order valence-electron chi connectivity index (χ2n) is 10.4. The number of halogens is 3. The van der Waals surface area contributed by atoms with Gasteiger partial charge >= 0.3 is 0 Å². The normalized spacial score (nSPS) is 11.8. The third kappa shape index (κ3) is 8.53. The van der Waals surface area contributed by atoms with Crippen molar-refractivity contribution in [1.82, 2.24) is 10.2 Å². The molecule has 242 valence electrons. The van der Waals surface area contributed by atoms with E-state index in [1.807, 2.05) is 37.3 Å². The number of amides is 2. The molecule has 0 aliphatic rings. The molecule has 0 bridgehead atoms. The van der Waals surface area contributed by atoms with E-state index >= 15 is 0 Å². The Kier molecular flexibility index (Phi) is 12.3. The molecule has 4 aromatic rings.